The van der Waals surface area contributed by atoms with Gasteiger partial charge in [0, 0.05) is 0 Å². The summed E-state index contributed by atoms with van der Waals surface area (Å²) >= 11 is 0. The van der Waals surface area contributed by atoms with Crippen LogP contribution in [0.4, 0.5) is 8.78 Å². The van der Waals surface area contributed by atoms with Crippen molar-refractivity contribution in [3.8, 4) is 0 Å². The smallest absolute Gasteiger partial charge is 0.261 e. The van der Waals surface area contributed by atoms with Gasteiger partial charge in [0.15, 0.2) is 0 Å². The first-order valence-electron chi connectivity index (χ1n) is 4.55. The van der Waals surface area contributed by atoms with Gasteiger partial charge >= 0.3 is 12.1 Å². The van der Waals surface area contributed by atoms with E-state index < -0.39 is 22.9 Å². The first-order valence-corrected chi connectivity index (χ1v) is 4.55. The summed E-state index contributed by atoms with van der Waals surface area (Å²) in [6.07, 6.45) is 0.139. The van der Waals surface area contributed by atoms with Crippen LogP contribution in [-0.2, 0) is 9.59 Å². The number of hydrogen-bond donors (Lipinski definition) is 0. The molecule has 0 aliphatic carbocycles. The zero-order chi connectivity index (χ0) is 11.6. The Morgan fingerprint density at radius 2 is 1.50 bits per heavy atom. The first-order chi connectivity index (χ1) is 6.15. The Balaban J connectivity index is 4.79. The van der Waals surface area contributed by atoms with Crippen LogP contribution in [0.5, 0.6) is 0 Å². The van der Waals surface area contributed by atoms with Gasteiger partial charge in [-0.3, -0.25) is 9.59 Å². The number of carbonyl (C=O) groups excluding carboxylic acids is 2. The standard InChI is InChI=1S/C10H16F2O2/c1-5-10(4,8(12)14)6-9(2,3)7(11)13/h5-6H2,1-4H3. The molecule has 0 aromatic rings. The van der Waals surface area contributed by atoms with Gasteiger partial charge < -0.3 is 0 Å². The van der Waals surface area contributed by atoms with Crippen molar-refractivity contribution in [2.24, 2.45) is 10.8 Å². The Morgan fingerprint density at radius 3 is 1.71 bits per heavy atom. The molecular formula is C10H16F2O2. The quantitative estimate of drug-likeness (QED) is 0.648. The molecule has 14 heavy (non-hydrogen) atoms. The third kappa shape index (κ3) is 2.86. The number of carbonyl (C=O) groups is 2. The molecule has 0 aromatic heterocycles. The van der Waals surface area contributed by atoms with E-state index in [0.29, 0.717) is 0 Å². The van der Waals surface area contributed by atoms with Crippen LogP contribution < -0.4 is 0 Å². The minimum Gasteiger partial charge on any atom is -0.261 e. The van der Waals surface area contributed by atoms with Gasteiger partial charge in [-0.05, 0) is 19.8 Å². The second-order valence-corrected chi connectivity index (χ2v) is 4.52. The lowest BCUT2D eigenvalue weighted by Crippen LogP contribution is -2.33. The Kier molecular flexibility index (Phi) is 3.91. The summed E-state index contributed by atoms with van der Waals surface area (Å²) in [5.74, 6) is 0. The lowest BCUT2D eigenvalue weighted by Gasteiger charge is -2.30. The van der Waals surface area contributed by atoms with E-state index in [9.17, 15) is 18.4 Å². The molecule has 0 spiro atoms. The number of hydrogen-bond acceptors (Lipinski definition) is 2. The fourth-order valence-electron chi connectivity index (χ4n) is 1.38. The van der Waals surface area contributed by atoms with Crippen molar-refractivity contribution in [2.75, 3.05) is 0 Å². The van der Waals surface area contributed by atoms with E-state index >= 15 is 0 Å². The molecule has 0 aliphatic heterocycles. The van der Waals surface area contributed by atoms with Crippen LogP contribution in [0.2, 0.25) is 0 Å². The second-order valence-electron chi connectivity index (χ2n) is 4.52. The van der Waals surface area contributed by atoms with Crippen molar-refractivity contribution in [3.63, 3.8) is 0 Å². The lowest BCUT2D eigenvalue weighted by molar-refractivity contribution is -0.146. The van der Waals surface area contributed by atoms with Crippen LogP contribution >= 0.6 is 0 Å². The molecule has 0 saturated carbocycles. The van der Waals surface area contributed by atoms with E-state index in [1.165, 1.54) is 20.8 Å². The Hall–Kier alpha value is -0.800. The summed E-state index contributed by atoms with van der Waals surface area (Å²) in [7, 11) is 0. The van der Waals surface area contributed by atoms with E-state index in [2.05, 4.69) is 0 Å². The van der Waals surface area contributed by atoms with Crippen molar-refractivity contribution < 1.29 is 18.4 Å². The molecule has 0 rings (SSSR count). The SMILES string of the molecule is CCC(C)(CC(C)(C)C(=O)F)C(=O)F. The van der Waals surface area contributed by atoms with E-state index in [4.69, 9.17) is 0 Å². The van der Waals surface area contributed by atoms with Crippen LogP contribution in [0.15, 0.2) is 0 Å². The summed E-state index contributed by atoms with van der Waals surface area (Å²) in [6.45, 7) is 5.77. The van der Waals surface area contributed by atoms with E-state index in [1.54, 1.807) is 6.92 Å². The predicted octanol–water partition coefficient (Wildman–Crippen LogP) is 2.81. The summed E-state index contributed by atoms with van der Waals surface area (Å²) in [6, 6.07) is -3.01. The molecule has 0 aliphatic rings. The molecule has 0 aromatic carbocycles. The first kappa shape index (κ1) is 13.2. The average molecular weight is 206 g/mol. The van der Waals surface area contributed by atoms with E-state index in [0.717, 1.165) is 0 Å². The van der Waals surface area contributed by atoms with Gasteiger partial charge in [-0.25, -0.2) is 0 Å². The Bertz CT molecular complexity index is 249. The monoisotopic (exact) mass is 206 g/mol. The molecule has 0 N–H and O–H groups in total. The highest BCUT2D eigenvalue weighted by Gasteiger charge is 2.41. The highest BCUT2D eigenvalue weighted by atomic mass is 19.1. The van der Waals surface area contributed by atoms with Crippen LogP contribution in [0.3, 0.4) is 0 Å². The Labute approximate surface area is 82.7 Å². The topological polar surface area (TPSA) is 34.1 Å². The molecule has 0 bridgehead atoms. The fraction of sp³-hybridized carbons (Fsp3) is 0.800. The minimum absolute atomic E-state index is 0.110. The maximum atomic E-state index is 12.7. The summed E-state index contributed by atoms with van der Waals surface area (Å²) in [4.78, 5) is 21.3. The lowest BCUT2D eigenvalue weighted by atomic mass is 9.73. The molecule has 0 heterocycles. The van der Waals surface area contributed by atoms with Gasteiger partial charge in [0.25, 0.3) is 0 Å². The van der Waals surface area contributed by atoms with Crippen LogP contribution in [0, 0.1) is 10.8 Å². The Morgan fingerprint density at radius 1 is 1.07 bits per heavy atom. The molecule has 82 valence electrons. The van der Waals surface area contributed by atoms with Gasteiger partial charge in [-0.15, -0.1) is 0 Å². The van der Waals surface area contributed by atoms with Crippen molar-refractivity contribution in [2.45, 2.75) is 40.5 Å². The summed E-state index contributed by atoms with van der Waals surface area (Å²) < 4.78 is 25.2. The van der Waals surface area contributed by atoms with Crippen molar-refractivity contribution in [1.29, 1.82) is 0 Å². The number of rotatable bonds is 5. The highest BCUT2D eigenvalue weighted by molar-refractivity contribution is 5.79. The van der Waals surface area contributed by atoms with Gasteiger partial charge in [0.05, 0.1) is 10.8 Å². The van der Waals surface area contributed by atoms with Crippen LogP contribution in [0.1, 0.15) is 40.5 Å². The second kappa shape index (κ2) is 4.15. The van der Waals surface area contributed by atoms with Crippen LogP contribution in [0.25, 0.3) is 0 Å². The van der Waals surface area contributed by atoms with Gasteiger partial charge in [-0.1, -0.05) is 20.8 Å². The third-order valence-corrected chi connectivity index (χ3v) is 2.62. The van der Waals surface area contributed by atoms with Crippen molar-refractivity contribution in [3.05, 3.63) is 0 Å². The zero-order valence-electron chi connectivity index (χ0n) is 8.99. The molecule has 1 unspecified atom stereocenters. The molecule has 0 fully saturated rings. The largest absolute Gasteiger partial charge is 0.307 e. The summed E-state index contributed by atoms with van der Waals surface area (Å²) in [5, 5.41) is 0. The summed E-state index contributed by atoms with van der Waals surface area (Å²) in [5.41, 5.74) is -2.56. The van der Waals surface area contributed by atoms with Gasteiger partial charge in [0.2, 0.25) is 0 Å². The van der Waals surface area contributed by atoms with Crippen LogP contribution in [-0.4, -0.2) is 12.1 Å². The third-order valence-electron chi connectivity index (χ3n) is 2.62. The molecule has 0 amide bonds. The number of halogens is 2. The fourth-order valence-corrected chi connectivity index (χ4v) is 1.38. The van der Waals surface area contributed by atoms with Crippen molar-refractivity contribution in [1.82, 2.24) is 0 Å². The molecule has 0 radical (unpaired) electrons. The average Bonchev–Trinajstić information content (AvgIpc) is 2.02. The highest BCUT2D eigenvalue weighted by Crippen LogP contribution is 2.38. The van der Waals surface area contributed by atoms with Gasteiger partial charge in [-0.2, -0.15) is 8.78 Å². The molecular weight excluding hydrogens is 190 g/mol. The maximum Gasteiger partial charge on any atom is 0.307 e. The molecule has 4 heteroatoms. The molecule has 2 nitrogen and oxygen atoms in total. The molecule has 0 saturated heterocycles. The van der Waals surface area contributed by atoms with Gasteiger partial charge in [0.1, 0.15) is 0 Å². The van der Waals surface area contributed by atoms with Crippen molar-refractivity contribution >= 4 is 12.1 Å². The predicted molar refractivity (Wildman–Crippen MR) is 49.0 cm³/mol. The normalized spacial score (nSPS) is 16.1. The maximum absolute atomic E-state index is 12.7. The zero-order valence-corrected chi connectivity index (χ0v) is 8.99. The molecule has 1 atom stereocenters. The van der Waals surface area contributed by atoms with E-state index in [-0.39, 0.29) is 12.8 Å². The minimum atomic E-state index is -1.52. The van der Waals surface area contributed by atoms with E-state index in [1.807, 2.05) is 0 Å².